The largest absolute Gasteiger partial charge is 0.467 e. The van der Waals surface area contributed by atoms with Crippen molar-refractivity contribution in [3.05, 3.63) is 126 Å². The van der Waals surface area contributed by atoms with E-state index in [1.807, 2.05) is 54.6 Å². The summed E-state index contributed by atoms with van der Waals surface area (Å²) < 4.78 is 5.53. The van der Waals surface area contributed by atoms with Crippen molar-refractivity contribution in [3.63, 3.8) is 0 Å². The fourth-order valence-corrected chi connectivity index (χ4v) is 3.13. The van der Waals surface area contributed by atoms with Gasteiger partial charge in [0.2, 0.25) is 0 Å². The Labute approximate surface area is 174 Å². The molecule has 2 amide bonds. The van der Waals surface area contributed by atoms with E-state index in [0.29, 0.717) is 22.6 Å². The van der Waals surface area contributed by atoms with E-state index in [0.717, 1.165) is 5.56 Å². The van der Waals surface area contributed by atoms with Crippen molar-refractivity contribution >= 4 is 17.5 Å². The Kier molecular flexibility index (Phi) is 5.71. The highest BCUT2D eigenvalue weighted by Crippen LogP contribution is 2.23. The molecule has 1 unspecified atom stereocenters. The van der Waals surface area contributed by atoms with Crippen molar-refractivity contribution in [1.82, 2.24) is 5.32 Å². The van der Waals surface area contributed by atoms with Crippen molar-refractivity contribution in [2.24, 2.45) is 0 Å². The van der Waals surface area contributed by atoms with E-state index in [9.17, 15) is 9.59 Å². The molecule has 1 aromatic heterocycles. The lowest BCUT2D eigenvalue weighted by molar-refractivity contribution is 0.0938. The minimum atomic E-state index is -0.397. The quantitative estimate of drug-likeness (QED) is 0.479. The molecule has 1 atom stereocenters. The zero-order chi connectivity index (χ0) is 20.8. The highest BCUT2D eigenvalue weighted by Gasteiger charge is 2.20. The molecule has 0 aliphatic heterocycles. The van der Waals surface area contributed by atoms with Gasteiger partial charge in [0.05, 0.1) is 6.26 Å². The third kappa shape index (κ3) is 4.47. The zero-order valence-corrected chi connectivity index (χ0v) is 16.1. The van der Waals surface area contributed by atoms with Gasteiger partial charge in [-0.25, -0.2) is 0 Å². The Morgan fingerprint density at radius 1 is 0.667 bits per heavy atom. The van der Waals surface area contributed by atoms with Gasteiger partial charge in [-0.15, -0.1) is 0 Å². The van der Waals surface area contributed by atoms with Crippen molar-refractivity contribution in [2.75, 3.05) is 5.32 Å². The number of carbonyl (C=O) groups excluding carboxylic acids is 2. The first-order chi connectivity index (χ1) is 14.7. The summed E-state index contributed by atoms with van der Waals surface area (Å²) in [6, 6.07) is 28.6. The Hall–Kier alpha value is -4.12. The highest BCUT2D eigenvalue weighted by molar-refractivity contribution is 6.04. The van der Waals surface area contributed by atoms with E-state index >= 15 is 0 Å². The highest BCUT2D eigenvalue weighted by atomic mass is 16.3. The summed E-state index contributed by atoms with van der Waals surface area (Å²) in [5.41, 5.74) is 2.60. The Balaban J connectivity index is 1.47. The van der Waals surface area contributed by atoms with Gasteiger partial charge in [0.15, 0.2) is 0 Å². The maximum Gasteiger partial charge on any atom is 0.255 e. The summed E-state index contributed by atoms with van der Waals surface area (Å²) in [7, 11) is 0. The number of nitrogens with one attached hydrogen (secondary N) is 2. The van der Waals surface area contributed by atoms with E-state index in [1.165, 1.54) is 0 Å². The summed E-state index contributed by atoms with van der Waals surface area (Å²) >= 11 is 0. The smallest absolute Gasteiger partial charge is 0.255 e. The topological polar surface area (TPSA) is 71.3 Å². The maximum atomic E-state index is 12.8. The normalized spacial score (nSPS) is 11.5. The van der Waals surface area contributed by atoms with Crippen molar-refractivity contribution < 1.29 is 14.0 Å². The van der Waals surface area contributed by atoms with Crippen LogP contribution in [-0.2, 0) is 0 Å². The summed E-state index contributed by atoms with van der Waals surface area (Å²) in [5, 5.41) is 5.85. The van der Waals surface area contributed by atoms with Gasteiger partial charge in [0.1, 0.15) is 11.8 Å². The Morgan fingerprint density at radius 3 is 1.93 bits per heavy atom. The number of anilines is 1. The summed E-state index contributed by atoms with van der Waals surface area (Å²) in [4.78, 5) is 25.1. The Bertz CT molecular complexity index is 1110. The van der Waals surface area contributed by atoms with Gasteiger partial charge in [0.25, 0.3) is 11.8 Å². The molecule has 0 bridgehead atoms. The number of rotatable bonds is 6. The first-order valence-corrected chi connectivity index (χ1v) is 9.56. The summed E-state index contributed by atoms with van der Waals surface area (Å²) in [5.74, 6) is 0.220. The average molecular weight is 396 g/mol. The number of benzene rings is 3. The lowest BCUT2D eigenvalue weighted by Gasteiger charge is -2.17. The molecule has 30 heavy (non-hydrogen) atoms. The maximum absolute atomic E-state index is 12.8. The van der Waals surface area contributed by atoms with Gasteiger partial charge in [-0.05, 0) is 54.1 Å². The van der Waals surface area contributed by atoms with Crippen molar-refractivity contribution in [3.8, 4) is 0 Å². The number of furan rings is 1. The van der Waals surface area contributed by atoms with Crippen LogP contribution in [0.5, 0.6) is 0 Å². The van der Waals surface area contributed by atoms with Crippen LogP contribution in [0.15, 0.2) is 108 Å². The lowest BCUT2D eigenvalue weighted by atomic mass is 10.0. The standard InChI is InChI=1S/C25H20N2O3/c28-24(19-10-5-2-6-11-19)26-21-15-13-20(14-16-21)25(29)27-23(22-12-7-17-30-22)18-8-3-1-4-9-18/h1-17,23H,(H,26,28)(H,27,29). The second kappa shape index (κ2) is 8.92. The minimum absolute atomic E-state index is 0.199. The molecule has 5 nitrogen and oxygen atoms in total. The van der Waals surface area contributed by atoms with E-state index in [4.69, 9.17) is 4.42 Å². The number of amides is 2. The monoisotopic (exact) mass is 396 g/mol. The molecule has 3 aromatic carbocycles. The molecule has 2 N–H and O–H groups in total. The zero-order valence-electron chi connectivity index (χ0n) is 16.1. The van der Waals surface area contributed by atoms with Crippen molar-refractivity contribution in [1.29, 1.82) is 0 Å². The van der Waals surface area contributed by atoms with Crippen LogP contribution in [0, 0.1) is 0 Å². The predicted octanol–water partition coefficient (Wildman–Crippen LogP) is 5.05. The van der Waals surface area contributed by atoms with E-state index in [1.54, 1.807) is 48.7 Å². The number of carbonyl (C=O) groups is 2. The first kappa shape index (κ1) is 19.2. The molecule has 4 aromatic rings. The SMILES string of the molecule is O=C(Nc1ccc(C(=O)NC(c2ccccc2)c2ccco2)cc1)c1ccccc1. The van der Waals surface area contributed by atoms with Crippen LogP contribution in [0.1, 0.15) is 38.1 Å². The number of hydrogen-bond donors (Lipinski definition) is 2. The fourth-order valence-electron chi connectivity index (χ4n) is 3.13. The van der Waals surface area contributed by atoms with Crippen LogP contribution in [0.2, 0.25) is 0 Å². The molecule has 0 aliphatic rings. The molecule has 0 aliphatic carbocycles. The minimum Gasteiger partial charge on any atom is -0.467 e. The molecule has 1 heterocycles. The first-order valence-electron chi connectivity index (χ1n) is 9.56. The van der Waals surface area contributed by atoms with Gasteiger partial charge >= 0.3 is 0 Å². The van der Waals surface area contributed by atoms with Crippen LogP contribution in [-0.4, -0.2) is 11.8 Å². The summed E-state index contributed by atoms with van der Waals surface area (Å²) in [6.45, 7) is 0. The molecule has 0 radical (unpaired) electrons. The third-order valence-corrected chi connectivity index (χ3v) is 4.68. The second-order valence-electron chi connectivity index (χ2n) is 6.73. The predicted molar refractivity (Wildman–Crippen MR) is 115 cm³/mol. The molecular weight excluding hydrogens is 376 g/mol. The van der Waals surface area contributed by atoms with E-state index in [-0.39, 0.29) is 11.8 Å². The summed E-state index contributed by atoms with van der Waals surface area (Å²) in [6.07, 6.45) is 1.58. The van der Waals surface area contributed by atoms with Gasteiger partial charge in [-0.3, -0.25) is 9.59 Å². The molecule has 5 heteroatoms. The molecule has 0 fully saturated rings. The number of hydrogen-bond acceptors (Lipinski definition) is 3. The van der Waals surface area contributed by atoms with Crippen LogP contribution in [0.25, 0.3) is 0 Å². The van der Waals surface area contributed by atoms with E-state index < -0.39 is 6.04 Å². The van der Waals surface area contributed by atoms with Crippen LogP contribution < -0.4 is 10.6 Å². The fraction of sp³-hybridized carbons (Fsp3) is 0.0400. The average Bonchev–Trinajstić information content (AvgIpc) is 3.33. The van der Waals surface area contributed by atoms with Gasteiger partial charge in [-0.2, -0.15) is 0 Å². The lowest BCUT2D eigenvalue weighted by Crippen LogP contribution is -2.29. The molecule has 0 spiro atoms. The van der Waals surface area contributed by atoms with Crippen LogP contribution in [0.3, 0.4) is 0 Å². The van der Waals surface area contributed by atoms with Gasteiger partial charge in [0, 0.05) is 16.8 Å². The molecule has 4 rings (SSSR count). The van der Waals surface area contributed by atoms with Crippen LogP contribution in [0.4, 0.5) is 5.69 Å². The van der Waals surface area contributed by atoms with Crippen molar-refractivity contribution in [2.45, 2.75) is 6.04 Å². The molecular formula is C25H20N2O3. The molecule has 0 saturated heterocycles. The Morgan fingerprint density at radius 2 is 1.30 bits per heavy atom. The van der Waals surface area contributed by atoms with Crippen LogP contribution >= 0.6 is 0 Å². The second-order valence-corrected chi connectivity index (χ2v) is 6.73. The van der Waals surface area contributed by atoms with Gasteiger partial charge in [-0.1, -0.05) is 48.5 Å². The van der Waals surface area contributed by atoms with E-state index in [2.05, 4.69) is 10.6 Å². The molecule has 148 valence electrons. The third-order valence-electron chi connectivity index (χ3n) is 4.68. The van der Waals surface area contributed by atoms with Gasteiger partial charge < -0.3 is 15.1 Å². The molecule has 0 saturated carbocycles.